The van der Waals surface area contributed by atoms with E-state index in [0.29, 0.717) is 31.9 Å². The van der Waals surface area contributed by atoms with Crippen molar-refractivity contribution in [1.82, 2.24) is 9.80 Å². The van der Waals surface area contributed by atoms with Crippen molar-refractivity contribution in [2.24, 2.45) is 0 Å². The number of hydrogen-bond acceptors (Lipinski definition) is 5. The average molecular weight is 352 g/mol. The molecule has 1 saturated heterocycles. The molecule has 1 heterocycles. The molecular formula is C17H21FN2O5. The third-order valence-corrected chi connectivity index (χ3v) is 4.08. The van der Waals surface area contributed by atoms with Crippen molar-refractivity contribution < 1.29 is 28.2 Å². The highest BCUT2D eigenvalue weighted by atomic mass is 19.1. The highest BCUT2D eigenvalue weighted by molar-refractivity contribution is 5.97. The number of carbonyl (C=O) groups excluding carboxylic acids is 3. The molecule has 25 heavy (non-hydrogen) atoms. The quantitative estimate of drug-likeness (QED) is 0.741. The van der Waals surface area contributed by atoms with Gasteiger partial charge in [-0.05, 0) is 18.2 Å². The summed E-state index contributed by atoms with van der Waals surface area (Å²) in [7, 11) is 2.69. The number of piperazine rings is 1. The standard InChI is InChI=1S/C17H21FN2O5/c1-24-14-4-3-12(18)11-13(14)17(23)20-9-7-19(8-10-20)15(21)5-6-16(22)25-2/h3-4,11H,5-10H2,1-2H3. The van der Waals surface area contributed by atoms with Gasteiger partial charge in [-0.3, -0.25) is 14.4 Å². The summed E-state index contributed by atoms with van der Waals surface area (Å²) in [6.45, 7) is 1.40. The van der Waals surface area contributed by atoms with Gasteiger partial charge in [0.05, 0.1) is 26.2 Å². The van der Waals surface area contributed by atoms with E-state index in [1.165, 1.54) is 26.4 Å². The lowest BCUT2D eigenvalue weighted by molar-refractivity contribution is -0.143. The Labute approximate surface area is 145 Å². The normalized spacial score (nSPS) is 14.2. The number of nitrogens with zero attached hydrogens (tertiary/aromatic N) is 2. The molecule has 1 aromatic rings. The van der Waals surface area contributed by atoms with Crippen molar-refractivity contribution in [1.29, 1.82) is 0 Å². The monoisotopic (exact) mass is 352 g/mol. The van der Waals surface area contributed by atoms with E-state index in [2.05, 4.69) is 4.74 Å². The second-order valence-corrected chi connectivity index (χ2v) is 5.59. The summed E-state index contributed by atoms with van der Waals surface area (Å²) in [6, 6.07) is 3.79. The highest BCUT2D eigenvalue weighted by Gasteiger charge is 2.26. The van der Waals surface area contributed by atoms with Crippen LogP contribution < -0.4 is 4.74 Å². The Kier molecular flexibility index (Phi) is 6.32. The van der Waals surface area contributed by atoms with Gasteiger partial charge in [0.25, 0.3) is 5.91 Å². The van der Waals surface area contributed by atoms with Crippen molar-refractivity contribution in [3.8, 4) is 5.75 Å². The highest BCUT2D eigenvalue weighted by Crippen LogP contribution is 2.22. The summed E-state index contributed by atoms with van der Waals surface area (Å²) < 4.78 is 23.1. The summed E-state index contributed by atoms with van der Waals surface area (Å²) in [5.74, 6) is -1.12. The second-order valence-electron chi connectivity index (χ2n) is 5.59. The maximum absolute atomic E-state index is 13.4. The molecule has 0 saturated carbocycles. The van der Waals surface area contributed by atoms with Crippen LogP contribution >= 0.6 is 0 Å². The van der Waals surface area contributed by atoms with E-state index in [0.717, 1.165) is 6.07 Å². The molecule has 1 aromatic carbocycles. The number of rotatable bonds is 5. The van der Waals surface area contributed by atoms with Gasteiger partial charge in [0.1, 0.15) is 11.6 Å². The van der Waals surface area contributed by atoms with Crippen LogP contribution in [0.5, 0.6) is 5.75 Å². The van der Waals surface area contributed by atoms with Crippen LogP contribution in [0.3, 0.4) is 0 Å². The van der Waals surface area contributed by atoms with Crippen LogP contribution in [0.25, 0.3) is 0 Å². The van der Waals surface area contributed by atoms with Crippen molar-refractivity contribution in [2.45, 2.75) is 12.8 Å². The molecule has 7 nitrogen and oxygen atoms in total. The van der Waals surface area contributed by atoms with Gasteiger partial charge in [0, 0.05) is 32.6 Å². The molecule has 2 amide bonds. The predicted molar refractivity (Wildman–Crippen MR) is 86.7 cm³/mol. The molecule has 0 aliphatic carbocycles. The Morgan fingerprint density at radius 1 is 1.04 bits per heavy atom. The summed E-state index contributed by atoms with van der Waals surface area (Å²) in [4.78, 5) is 38.9. The zero-order valence-electron chi connectivity index (χ0n) is 14.3. The van der Waals surface area contributed by atoms with Crippen LogP contribution in [-0.4, -0.2) is 68.0 Å². The maximum Gasteiger partial charge on any atom is 0.306 e. The SMILES string of the molecule is COC(=O)CCC(=O)N1CCN(C(=O)c2cc(F)ccc2OC)CC1. The fourth-order valence-corrected chi connectivity index (χ4v) is 2.65. The number of hydrogen-bond donors (Lipinski definition) is 0. The van der Waals surface area contributed by atoms with Gasteiger partial charge in [0.2, 0.25) is 5.91 Å². The van der Waals surface area contributed by atoms with Crippen LogP contribution in [0.15, 0.2) is 18.2 Å². The molecule has 136 valence electrons. The van der Waals surface area contributed by atoms with E-state index in [-0.39, 0.29) is 30.2 Å². The van der Waals surface area contributed by atoms with E-state index in [9.17, 15) is 18.8 Å². The average Bonchev–Trinajstić information content (AvgIpc) is 2.65. The molecule has 0 radical (unpaired) electrons. The van der Waals surface area contributed by atoms with E-state index >= 15 is 0 Å². The lowest BCUT2D eigenvalue weighted by Gasteiger charge is -2.35. The topological polar surface area (TPSA) is 76.2 Å². The summed E-state index contributed by atoms with van der Waals surface area (Å²) >= 11 is 0. The van der Waals surface area contributed by atoms with Crippen LogP contribution in [-0.2, 0) is 14.3 Å². The molecule has 8 heteroatoms. The fourth-order valence-electron chi connectivity index (χ4n) is 2.65. The number of esters is 1. The number of benzene rings is 1. The summed E-state index contributed by atoms with van der Waals surface area (Å²) in [5.41, 5.74) is 0.160. The third kappa shape index (κ3) is 4.68. The fraction of sp³-hybridized carbons (Fsp3) is 0.471. The van der Waals surface area contributed by atoms with Gasteiger partial charge >= 0.3 is 5.97 Å². The molecule has 1 aliphatic rings. The smallest absolute Gasteiger partial charge is 0.306 e. The van der Waals surface area contributed by atoms with Crippen molar-refractivity contribution in [2.75, 3.05) is 40.4 Å². The number of methoxy groups -OCH3 is 2. The van der Waals surface area contributed by atoms with Gasteiger partial charge in [-0.1, -0.05) is 0 Å². The Balaban J connectivity index is 1.93. The number of amides is 2. The minimum Gasteiger partial charge on any atom is -0.496 e. The first-order valence-corrected chi connectivity index (χ1v) is 7.93. The minimum atomic E-state index is -0.513. The third-order valence-electron chi connectivity index (χ3n) is 4.08. The first-order chi connectivity index (χ1) is 12.0. The van der Waals surface area contributed by atoms with Gasteiger partial charge in [-0.2, -0.15) is 0 Å². The van der Waals surface area contributed by atoms with Crippen LogP contribution in [0.2, 0.25) is 0 Å². The van der Waals surface area contributed by atoms with E-state index in [4.69, 9.17) is 4.74 Å². The van der Waals surface area contributed by atoms with Gasteiger partial charge in [0.15, 0.2) is 0 Å². The Bertz CT molecular complexity index is 656. The Hall–Kier alpha value is -2.64. The first kappa shape index (κ1) is 18.7. The molecule has 0 spiro atoms. The van der Waals surface area contributed by atoms with Crippen molar-refractivity contribution >= 4 is 17.8 Å². The minimum absolute atomic E-state index is 0.0367. The summed E-state index contributed by atoms with van der Waals surface area (Å²) in [5, 5.41) is 0. The number of ether oxygens (including phenoxy) is 2. The zero-order valence-corrected chi connectivity index (χ0v) is 14.3. The molecular weight excluding hydrogens is 331 g/mol. The molecule has 0 unspecified atom stereocenters. The maximum atomic E-state index is 13.4. The van der Waals surface area contributed by atoms with Crippen molar-refractivity contribution in [3.63, 3.8) is 0 Å². The Morgan fingerprint density at radius 2 is 1.68 bits per heavy atom. The molecule has 2 rings (SSSR count). The number of halogens is 1. The largest absolute Gasteiger partial charge is 0.496 e. The number of carbonyl (C=O) groups is 3. The van der Waals surface area contributed by atoms with E-state index in [1.54, 1.807) is 9.80 Å². The van der Waals surface area contributed by atoms with Crippen LogP contribution in [0.4, 0.5) is 4.39 Å². The lowest BCUT2D eigenvalue weighted by atomic mass is 10.1. The molecule has 0 N–H and O–H groups in total. The second kappa shape index (κ2) is 8.46. The van der Waals surface area contributed by atoms with Crippen molar-refractivity contribution in [3.05, 3.63) is 29.6 Å². The molecule has 1 fully saturated rings. The Morgan fingerprint density at radius 3 is 2.28 bits per heavy atom. The van der Waals surface area contributed by atoms with Gasteiger partial charge in [-0.25, -0.2) is 4.39 Å². The summed E-state index contributed by atoms with van der Waals surface area (Å²) in [6.07, 6.45) is 0.118. The lowest BCUT2D eigenvalue weighted by Crippen LogP contribution is -2.50. The van der Waals surface area contributed by atoms with Crippen LogP contribution in [0, 0.1) is 5.82 Å². The van der Waals surface area contributed by atoms with Gasteiger partial charge in [-0.15, -0.1) is 0 Å². The molecule has 0 atom stereocenters. The van der Waals surface area contributed by atoms with Gasteiger partial charge < -0.3 is 19.3 Å². The predicted octanol–water partition coefficient (Wildman–Crippen LogP) is 1.07. The zero-order chi connectivity index (χ0) is 18.4. The first-order valence-electron chi connectivity index (χ1n) is 7.93. The van der Waals surface area contributed by atoms with E-state index < -0.39 is 11.8 Å². The van der Waals surface area contributed by atoms with E-state index in [1.807, 2.05) is 0 Å². The van der Waals surface area contributed by atoms with Crippen LogP contribution in [0.1, 0.15) is 23.2 Å². The molecule has 0 aromatic heterocycles. The molecule has 1 aliphatic heterocycles. The molecule has 0 bridgehead atoms.